The van der Waals surface area contributed by atoms with Crippen LogP contribution in [0.15, 0.2) is 109 Å². The molecule has 0 atom stereocenters. The van der Waals surface area contributed by atoms with Gasteiger partial charge in [0.15, 0.2) is 0 Å². The van der Waals surface area contributed by atoms with Gasteiger partial charge in [0, 0.05) is 38.5 Å². The molecule has 0 spiro atoms. The number of para-hydroxylation sites is 2. The lowest BCUT2D eigenvalue weighted by atomic mass is 9.97. The maximum Gasteiger partial charge on any atom is 0.416 e. The fraction of sp³-hybridized carbons (Fsp3) is 0.100. The molecule has 4 nitrogen and oxygen atoms in total. The number of pyridine rings is 1. The summed E-state index contributed by atoms with van der Waals surface area (Å²) in [6.45, 7) is 3.62. The summed E-state index contributed by atoms with van der Waals surface area (Å²) in [5, 5.41) is 12.9. The van der Waals surface area contributed by atoms with Crippen molar-refractivity contribution in [1.29, 1.82) is 5.26 Å². The van der Waals surface area contributed by atoms with Gasteiger partial charge in [-0.3, -0.25) is 4.98 Å². The van der Waals surface area contributed by atoms with Gasteiger partial charge in [-0.25, -0.2) is 0 Å². The van der Waals surface area contributed by atoms with Crippen LogP contribution >= 0.6 is 0 Å². The van der Waals surface area contributed by atoms with Crippen LogP contribution in [0.2, 0.25) is 0 Å². The van der Waals surface area contributed by atoms with E-state index in [0.29, 0.717) is 66.5 Å². The maximum absolute atomic E-state index is 14.2. The number of aryl methyl sites for hydroxylation is 2. The van der Waals surface area contributed by atoms with Crippen LogP contribution < -0.4 is 0 Å². The summed E-state index contributed by atoms with van der Waals surface area (Å²) < 4.78 is 88.5. The zero-order chi connectivity index (χ0) is 35.1. The third-order valence-electron chi connectivity index (χ3n) is 9.08. The number of nitriles is 1. The summed E-state index contributed by atoms with van der Waals surface area (Å²) in [6, 6.07) is 30.6. The van der Waals surface area contributed by atoms with E-state index in [9.17, 15) is 31.6 Å². The second-order valence-electron chi connectivity index (χ2n) is 12.3. The molecular weight excluding hydrogens is 650 g/mol. The lowest BCUT2D eigenvalue weighted by molar-refractivity contribution is -0.138. The SMILES string of the molecule is Cc1cc(-c2c(-n3c4ccccc4c4ccc(C(F)(F)F)cc43)cc(C#N)cc2-n2c3ccccc3c3ccc(C(F)(F)F)cc32)cc(C)n1. The number of rotatable bonds is 3. The van der Waals surface area contributed by atoms with Crippen LogP contribution in [0.25, 0.3) is 66.1 Å². The van der Waals surface area contributed by atoms with Crippen molar-refractivity contribution >= 4 is 43.6 Å². The van der Waals surface area contributed by atoms with Crippen molar-refractivity contribution < 1.29 is 26.3 Å². The first-order chi connectivity index (χ1) is 23.8. The number of benzene rings is 5. The quantitative estimate of drug-likeness (QED) is 0.175. The molecule has 0 aliphatic carbocycles. The summed E-state index contributed by atoms with van der Waals surface area (Å²) in [7, 11) is 0. The first-order valence-corrected chi connectivity index (χ1v) is 15.6. The number of aromatic nitrogens is 3. The van der Waals surface area contributed by atoms with Gasteiger partial charge in [0.2, 0.25) is 0 Å². The number of nitrogens with zero attached hydrogens (tertiary/aromatic N) is 4. The Bertz CT molecular complexity index is 2550. The van der Waals surface area contributed by atoms with Crippen molar-refractivity contribution in [3.05, 3.63) is 137 Å². The molecule has 0 aliphatic heterocycles. The highest BCUT2D eigenvalue weighted by Gasteiger charge is 2.33. The summed E-state index contributed by atoms with van der Waals surface area (Å²) in [6.07, 6.45) is -9.26. The Morgan fingerprint density at radius 2 is 0.960 bits per heavy atom. The van der Waals surface area contributed by atoms with Gasteiger partial charge in [-0.2, -0.15) is 31.6 Å². The average Bonchev–Trinajstić information content (AvgIpc) is 3.58. The third kappa shape index (κ3) is 4.88. The van der Waals surface area contributed by atoms with E-state index in [-0.39, 0.29) is 16.6 Å². The molecule has 0 unspecified atom stereocenters. The molecule has 0 saturated carbocycles. The second-order valence-corrected chi connectivity index (χ2v) is 12.3. The molecule has 0 bridgehead atoms. The molecule has 3 heterocycles. The van der Waals surface area contributed by atoms with Gasteiger partial charge in [0.05, 0.1) is 56.2 Å². The normalized spacial score (nSPS) is 12.4. The number of hydrogen-bond acceptors (Lipinski definition) is 2. The molecule has 0 fully saturated rings. The smallest absolute Gasteiger partial charge is 0.308 e. The van der Waals surface area contributed by atoms with Gasteiger partial charge in [-0.15, -0.1) is 0 Å². The molecule has 8 aromatic rings. The van der Waals surface area contributed by atoms with Crippen molar-refractivity contribution in [2.45, 2.75) is 26.2 Å². The molecule has 0 saturated heterocycles. The monoisotopic (exact) mass is 674 g/mol. The fourth-order valence-corrected chi connectivity index (χ4v) is 7.12. The number of alkyl halides is 6. The summed E-state index contributed by atoms with van der Waals surface area (Å²) in [5.41, 5.74) is 3.37. The average molecular weight is 675 g/mol. The Kier molecular flexibility index (Phi) is 6.85. The Morgan fingerprint density at radius 1 is 0.540 bits per heavy atom. The zero-order valence-corrected chi connectivity index (χ0v) is 26.4. The Morgan fingerprint density at radius 3 is 1.38 bits per heavy atom. The van der Waals surface area contributed by atoms with Crippen molar-refractivity contribution in [3.8, 4) is 28.6 Å². The fourth-order valence-electron chi connectivity index (χ4n) is 7.12. The molecule has 0 aliphatic rings. The van der Waals surface area contributed by atoms with Crippen molar-refractivity contribution in [2.75, 3.05) is 0 Å². The predicted molar refractivity (Wildman–Crippen MR) is 183 cm³/mol. The van der Waals surface area contributed by atoms with Gasteiger partial charge in [-0.05, 0) is 80.1 Å². The molecule has 3 aromatic heterocycles. The van der Waals surface area contributed by atoms with Crippen molar-refractivity contribution in [2.24, 2.45) is 0 Å². The first-order valence-electron chi connectivity index (χ1n) is 15.6. The molecule has 10 heteroatoms. The molecule has 8 rings (SSSR count). The van der Waals surface area contributed by atoms with Gasteiger partial charge >= 0.3 is 12.4 Å². The Hall–Kier alpha value is -6.08. The van der Waals surface area contributed by atoms with Crippen molar-refractivity contribution in [3.63, 3.8) is 0 Å². The molecule has 50 heavy (non-hydrogen) atoms. The number of halogens is 6. The van der Waals surface area contributed by atoms with E-state index in [0.717, 1.165) is 24.3 Å². The van der Waals surface area contributed by atoms with Gasteiger partial charge in [-0.1, -0.05) is 48.5 Å². The van der Waals surface area contributed by atoms with Gasteiger partial charge in [0.25, 0.3) is 0 Å². The molecule has 0 N–H and O–H groups in total. The first kappa shape index (κ1) is 31.2. The topological polar surface area (TPSA) is 46.5 Å². The lowest BCUT2D eigenvalue weighted by Crippen LogP contribution is -2.08. The van der Waals surface area contributed by atoms with Crippen LogP contribution in [0, 0.1) is 25.2 Å². The van der Waals surface area contributed by atoms with Crippen LogP contribution in [0.5, 0.6) is 0 Å². The number of fused-ring (bicyclic) bond motifs is 6. The summed E-state index contributed by atoms with van der Waals surface area (Å²) in [5.74, 6) is 0. The molecule has 5 aromatic carbocycles. The van der Waals surface area contributed by atoms with Crippen LogP contribution in [0.3, 0.4) is 0 Å². The van der Waals surface area contributed by atoms with Crippen LogP contribution in [0.1, 0.15) is 28.1 Å². The summed E-state index contributed by atoms with van der Waals surface area (Å²) in [4.78, 5) is 4.54. The van der Waals surface area contributed by atoms with E-state index < -0.39 is 23.5 Å². The van der Waals surface area contributed by atoms with Crippen LogP contribution in [-0.2, 0) is 12.4 Å². The van der Waals surface area contributed by atoms with Crippen LogP contribution in [-0.4, -0.2) is 14.1 Å². The third-order valence-corrected chi connectivity index (χ3v) is 9.08. The minimum Gasteiger partial charge on any atom is -0.308 e. The Balaban J connectivity index is 1.61. The lowest BCUT2D eigenvalue weighted by Gasteiger charge is -2.21. The highest BCUT2D eigenvalue weighted by molar-refractivity contribution is 6.12. The van der Waals surface area contributed by atoms with Gasteiger partial charge < -0.3 is 9.13 Å². The minimum atomic E-state index is -4.63. The van der Waals surface area contributed by atoms with E-state index in [1.165, 1.54) is 12.1 Å². The Labute approximate surface area is 281 Å². The molecule has 0 radical (unpaired) electrons. The zero-order valence-electron chi connectivity index (χ0n) is 26.4. The highest BCUT2D eigenvalue weighted by Crippen LogP contribution is 2.44. The van der Waals surface area contributed by atoms with Crippen molar-refractivity contribution in [1.82, 2.24) is 14.1 Å². The maximum atomic E-state index is 14.2. The van der Waals surface area contributed by atoms with Gasteiger partial charge in [0.1, 0.15) is 0 Å². The minimum absolute atomic E-state index is 0.164. The van der Waals surface area contributed by atoms with E-state index in [1.54, 1.807) is 57.7 Å². The summed E-state index contributed by atoms with van der Waals surface area (Å²) >= 11 is 0. The van der Waals surface area contributed by atoms with E-state index in [2.05, 4.69) is 11.1 Å². The predicted octanol–water partition coefficient (Wildman–Crippen LogP) is 11.5. The number of hydrogen-bond donors (Lipinski definition) is 0. The second kappa shape index (κ2) is 11.0. The van der Waals surface area contributed by atoms with E-state index in [1.807, 2.05) is 38.1 Å². The molecule has 246 valence electrons. The van der Waals surface area contributed by atoms with E-state index >= 15 is 0 Å². The molecule has 0 amide bonds. The molecular formula is C40H24F6N4. The van der Waals surface area contributed by atoms with Crippen LogP contribution in [0.4, 0.5) is 26.3 Å². The largest absolute Gasteiger partial charge is 0.416 e. The standard InChI is InChI=1S/C40H24F6N4/c1-22-15-25(16-23(2)48-22)38-36(49-32-9-5-3-7-28(32)30-13-11-26(19-34(30)49)39(41,42)43)17-24(21-47)18-37(38)50-33-10-6-4-8-29(33)31-14-12-27(20-35(31)50)40(44,45)46/h3-20H,1-2H3. The van der Waals surface area contributed by atoms with E-state index in [4.69, 9.17) is 0 Å². The highest BCUT2D eigenvalue weighted by atomic mass is 19.4.